The second-order valence-electron chi connectivity index (χ2n) is 5.28. The molecule has 5 nitrogen and oxygen atoms in total. The van der Waals surface area contributed by atoms with E-state index in [1.165, 1.54) is 25.3 Å². The minimum Gasteiger partial charge on any atom is -0.396 e. The lowest BCUT2D eigenvalue weighted by Crippen LogP contribution is -2.33. The Bertz CT molecular complexity index is 550. The molecule has 5 N–H and O–H groups in total. The standard InChI is InChI=1S/C12H19N3O2S/c1-12(6-3-7-12)8-15-9-4-2-5-10(11(9)13)18(14,16)17/h2,4-5,15H,3,6-8,13H2,1H3,(H2,14,16,17). The van der Waals surface area contributed by atoms with Gasteiger partial charge >= 0.3 is 0 Å². The van der Waals surface area contributed by atoms with E-state index in [2.05, 4.69) is 12.2 Å². The molecule has 0 bridgehead atoms. The van der Waals surface area contributed by atoms with Gasteiger partial charge in [0.25, 0.3) is 0 Å². The van der Waals surface area contributed by atoms with Gasteiger partial charge in [-0.3, -0.25) is 0 Å². The first-order valence-corrected chi connectivity index (χ1v) is 7.52. The van der Waals surface area contributed by atoms with Crippen molar-refractivity contribution >= 4 is 21.4 Å². The van der Waals surface area contributed by atoms with Crippen molar-refractivity contribution in [2.24, 2.45) is 10.6 Å². The molecule has 0 saturated heterocycles. The van der Waals surface area contributed by atoms with Crippen molar-refractivity contribution in [3.63, 3.8) is 0 Å². The van der Waals surface area contributed by atoms with Crippen LogP contribution in [0.15, 0.2) is 23.1 Å². The SMILES string of the molecule is CC1(CNc2cccc(S(N)(=O)=O)c2N)CCC1. The Morgan fingerprint density at radius 3 is 2.56 bits per heavy atom. The zero-order chi connectivity index (χ0) is 13.4. The van der Waals surface area contributed by atoms with Gasteiger partial charge in [-0.05, 0) is 30.4 Å². The molecule has 1 aliphatic carbocycles. The van der Waals surface area contributed by atoms with Gasteiger partial charge in [0.05, 0.1) is 11.4 Å². The molecule has 6 heteroatoms. The van der Waals surface area contributed by atoms with Crippen LogP contribution >= 0.6 is 0 Å². The smallest absolute Gasteiger partial charge is 0.240 e. The van der Waals surface area contributed by atoms with Crippen LogP contribution in [0, 0.1) is 5.41 Å². The van der Waals surface area contributed by atoms with Gasteiger partial charge in [-0.2, -0.15) is 0 Å². The monoisotopic (exact) mass is 269 g/mol. The van der Waals surface area contributed by atoms with Crippen LogP contribution in [0.3, 0.4) is 0 Å². The van der Waals surface area contributed by atoms with Crippen molar-refractivity contribution < 1.29 is 8.42 Å². The fourth-order valence-electron chi connectivity index (χ4n) is 2.21. The van der Waals surface area contributed by atoms with Crippen molar-refractivity contribution in [3.05, 3.63) is 18.2 Å². The van der Waals surface area contributed by atoms with Gasteiger partial charge in [0.15, 0.2) is 0 Å². The molecule has 0 heterocycles. The van der Waals surface area contributed by atoms with Crippen LogP contribution in [0.2, 0.25) is 0 Å². The van der Waals surface area contributed by atoms with Gasteiger partial charge in [-0.1, -0.05) is 19.4 Å². The first kappa shape index (κ1) is 13.2. The molecule has 0 unspecified atom stereocenters. The summed E-state index contributed by atoms with van der Waals surface area (Å²) in [6.45, 7) is 3.01. The fourth-order valence-corrected chi connectivity index (χ4v) is 2.90. The number of para-hydroxylation sites is 1. The van der Waals surface area contributed by atoms with Gasteiger partial charge < -0.3 is 11.1 Å². The molecule has 1 aromatic rings. The van der Waals surface area contributed by atoms with Gasteiger partial charge in [0, 0.05) is 6.54 Å². The van der Waals surface area contributed by atoms with E-state index in [-0.39, 0.29) is 10.6 Å². The highest BCUT2D eigenvalue weighted by molar-refractivity contribution is 7.89. The average molecular weight is 269 g/mol. The molecule has 0 spiro atoms. The highest BCUT2D eigenvalue weighted by atomic mass is 32.2. The van der Waals surface area contributed by atoms with Crippen LogP contribution < -0.4 is 16.2 Å². The average Bonchev–Trinajstić information content (AvgIpc) is 2.23. The maximum absolute atomic E-state index is 11.3. The number of anilines is 2. The second kappa shape index (κ2) is 4.44. The topological polar surface area (TPSA) is 98.2 Å². The number of nitrogens with two attached hydrogens (primary N) is 2. The Labute approximate surface area is 108 Å². The van der Waals surface area contributed by atoms with Crippen LogP contribution in [-0.2, 0) is 10.0 Å². The molecule has 0 aromatic heterocycles. The maximum atomic E-state index is 11.3. The number of hydrogen-bond donors (Lipinski definition) is 3. The van der Waals surface area contributed by atoms with E-state index in [1.54, 1.807) is 12.1 Å². The van der Waals surface area contributed by atoms with E-state index < -0.39 is 10.0 Å². The van der Waals surface area contributed by atoms with Crippen molar-refractivity contribution in [1.29, 1.82) is 0 Å². The first-order chi connectivity index (χ1) is 8.32. The molecule has 1 fully saturated rings. The van der Waals surface area contributed by atoms with Crippen LogP contribution in [0.4, 0.5) is 11.4 Å². The lowest BCUT2D eigenvalue weighted by molar-refractivity contribution is 0.180. The summed E-state index contributed by atoms with van der Waals surface area (Å²) in [5, 5.41) is 8.33. The molecular weight excluding hydrogens is 250 g/mol. The number of sulfonamides is 1. The molecular formula is C12H19N3O2S. The van der Waals surface area contributed by atoms with E-state index in [9.17, 15) is 8.42 Å². The summed E-state index contributed by atoms with van der Waals surface area (Å²) in [7, 11) is -3.77. The maximum Gasteiger partial charge on any atom is 0.240 e. The highest BCUT2D eigenvalue weighted by Gasteiger charge is 2.31. The molecule has 1 aliphatic rings. The van der Waals surface area contributed by atoms with E-state index in [1.807, 2.05) is 0 Å². The molecule has 0 amide bonds. The summed E-state index contributed by atoms with van der Waals surface area (Å²) in [6.07, 6.45) is 3.63. The zero-order valence-corrected chi connectivity index (χ0v) is 11.3. The van der Waals surface area contributed by atoms with Gasteiger partial charge in [-0.15, -0.1) is 0 Å². The Hall–Kier alpha value is -1.27. The fraction of sp³-hybridized carbons (Fsp3) is 0.500. The lowest BCUT2D eigenvalue weighted by atomic mass is 9.70. The number of hydrogen-bond acceptors (Lipinski definition) is 4. The summed E-state index contributed by atoms with van der Waals surface area (Å²) >= 11 is 0. The first-order valence-electron chi connectivity index (χ1n) is 5.97. The minimum atomic E-state index is -3.77. The molecule has 1 saturated carbocycles. The molecule has 0 aliphatic heterocycles. The van der Waals surface area contributed by atoms with Crippen LogP contribution in [0.1, 0.15) is 26.2 Å². The third kappa shape index (κ3) is 2.59. The number of primary sulfonamides is 1. The van der Waals surface area contributed by atoms with Gasteiger partial charge in [-0.25, -0.2) is 13.6 Å². The van der Waals surface area contributed by atoms with E-state index >= 15 is 0 Å². The molecule has 2 rings (SSSR count). The summed E-state index contributed by atoms with van der Waals surface area (Å²) < 4.78 is 22.7. The minimum absolute atomic E-state index is 0.0220. The van der Waals surface area contributed by atoms with Crippen LogP contribution in [0.5, 0.6) is 0 Å². The Balaban J connectivity index is 2.19. The van der Waals surface area contributed by atoms with E-state index in [0.717, 1.165) is 6.54 Å². The summed E-state index contributed by atoms with van der Waals surface area (Å²) in [6, 6.07) is 4.83. The van der Waals surface area contributed by atoms with E-state index in [4.69, 9.17) is 10.9 Å². The van der Waals surface area contributed by atoms with Crippen LogP contribution in [0.25, 0.3) is 0 Å². The molecule has 1 aromatic carbocycles. The summed E-state index contributed by atoms with van der Waals surface area (Å²) in [4.78, 5) is -0.0220. The number of nitrogens with one attached hydrogen (secondary N) is 1. The van der Waals surface area contributed by atoms with Crippen molar-refractivity contribution in [2.45, 2.75) is 31.1 Å². The van der Waals surface area contributed by atoms with Gasteiger partial charge in [0.1, 0.15) is 4.90 Å². The number of rotatable bonds is 4. The van der Waals surface area contributed by atoms with Crippen molar-refractivity contribution in [1.82, 2.24) is 0 Å². The number of benzene rings is 1. The second-order valence-corrected chi connectivity index (χ2v) is 6.81. The quantitative estimate of drug-likeness (QED) is 0.722. The normalized spacial score (nSPS) is 18.1. The Morgan fingerprint density at radius 2 is 2.06 bits per heavy atom. The molecule has 0 radical (unpaired) electrons. The third-order valence-electron chi connectivity index (χ3n) is 3.64. The molecule has 18 heavy (non-hydrogen) atoms. The molecule has 100 valence electrons. The third-order valence-corrected chi connectivity index (χ3v) is 4.61. The summed E-state index contributed by atoms with van der Waals surface area (Å²) in [5.74, 6) is 0. The summed E-state index contributed by atoms with van der Waals surface area (Å²) in [5.41, 5.74) is 6.96. The predicted octanol–water partition coefficient (Wildman–Crippen LogP) is 1.52. The van der Waals surface area contributed by atoms with Crippen molar-refractivity contribution in [3.8, 4) is 0 Å². The zero-order valence-electron chi connectivity index (χ0n) is 10.4. The van der Waals surface area contributed by atoms with Crippen molar-refractivity contribution in [2.75, 3.05) is 17.6 Å². The van der Waals surface area contributed by atoms with Gasteiger partial charge in [0.2, 0.25) is 10.0 Å². The number of nitrogen functional groups attached to an aromatic ring is 1. The van der Waals surface area contributed by atoms with E-state index in [0.29, 0.717) is 11.1 Å². The Kier molecular flexibility index (Phi) is 3.25. The largest absolute Gasteiger partial charge is 0.396 e. The predicted molar refractivity (Wildman–Crippen MR) is 72.7 cm³/mol. The molecule has 0 atom stereocenters. The Morgan fingerprint density at radius 1 is 1.39 bits per heavy atom. The van der Waals surface area contributed by atoms with Crippen LogP contribution in [-0.4, -0.2) is 15.0 Å². The lowest BCUT2D eigenvalue weighted by Gasteiger charge is -2.38. The highest BCUT2D eigenvalue weighted by Crippen LogP contribution is 2.40.